The van der Waals surface area contributed by atoms with Crippen LogP contribution in [0.2, 0.25) is 0 Å². The van der Waals surface area contributed by atoms with E-state index in [1.54, 1.807) is 12.4 Å². The number of aryl methyl sites for hydroxylation is 2. The van der Waals surface area contributed by atoms with E-state index in [2.05, 4.69) is 72.4 Å². The van der Waals surface area contributed by atoms with Crippen LogP contribution in [0.25, 0.3) is 12.2 Å². The predicted molar refractivity (Wildman–Crippen MR) is 104 cm³/mol. The van der Waals surface area contributed by atoms with Crippen molar-refractivity contribution in [2.45, 2.75) is 33.1 Å². The van der Waals surface area contributed by atoms with Crippen LogP contribution < -0.4 is 0 Å². The molecule has 2 aliphatic carbocycles. The zero-order valence-corrected chi connectivity index (χ0v) is 14.8. The summed E-state index contributed by atoms with van der Waals surface area (Å²) in [5.41, 5.74) is 10.1. The fraction of sp³-hybridized carbons (Fsp3) is 0.217. The Morgan fingerprint density at radius 3 is 2.76 bits per heavy atom. The molecule has 0 aliphatic heterocycles. The molecule has 0 saturated heterocycles. The molecule has 1 heterocycles. The summed E-state index contributed by atoms with van der Waals surface area (Å²) in [4.78, 5) is 8.93. The fourth-order valence-electron chi connectivity index (χ4n) is 3.54. The SMILES string of the molecule is C/C=C1/C=C(C2=Cc3nccnc3CC2)\C=C\c2ccc(C)cc2C1. The Labute approximate surface area is 149 Å². The van der Waals surface area contributed by atoms with Gasteiger partial charge < -0.3 is 0 Å². The fourth-order valence-corrected chi connectivity index (χ4v) is 3.54. The number of hydrogen-bond donors (Lipinski definition) is 0. The smallest absolute Gasteiger partial charge is 0.0848 e. The number of nitrogens with zero attached hydrogens (tertiary/aromatic N) is 2. The number of fused-ring (bicyclic) bond motifs is 2. The summed E-state index contributed by atoms with van der Waals surface area (Å²) in [5, 5.41) is 0. The van der Waals surface area contributed by atoms with Gasteiger partial charge in [0.05, 0.1) is 11.4 Å². The van der Waals surface area contributed by atoms with Crippen molar-refractivity contribution in [2.24, 2.45) is 0 Å². The lowest BCUT2D eigenvalue weighted by molar-refractivity contribution is 0.873. The van der Waals surface area contributed by atoms with Crippen LogP contribution in [0, 0.1) is 6.92 Å². The van der Waals surface area contributed by atoms with Gasteiger partial charge in [0.1, 0.15) is 0 Å². The molecular weight excluding hydrogens is 304 g/mol. The first-order valence-corrected chi connectivity index (χ1v) is 8.88. The molecule has 25 heavy (non-hydrogen) atoms. The number of allylic oxidation sites excluding steroid dienone is 6. The van der Waals surface area contributed by atoms with Crippen molar-refractivity contribution in [1.82, 2.24) is 9.97 Å². The van der Waals surface area contributed by atoms with Gasteiger partial charge in [-0.05, 0) is 67.0 Å². The zero-order chi connectivity index (χ0) is 17.2. The quantitative estimate of drug-likeness (QED) is 0.714. The molecule has 0 bridgehead atoms. The Kier molecular flexibility index (Phi) is 4.19. The van der Waals surface area contributed by atoms with E-state index in [1.807, 2.05) is 0 Å². The Morgan fingerprint density at radius 2 is 1.88 bits per heavy atom. The first kappa shape index (κ1) is 15.8. The minimum Gasteiger partial charge on any atom is -0.257 e. The minimum atomic E-state index is 0.959. The van der Waals surface area contributed by atoms with E-state index in [-0.39, 0.29) is 0 Å². The van der Waals surface area contributed by atoms with Crippen LogP contribution in [-0.4, -0.2) is 9.97 Å². The van der Waals surface area contributed by atoms with Gasteiger partial charge in [-0.3, -0.25) is 9.97 Å². The van der Waals surface area contributed by atoms with E-state index in [0.29, 0.717) is 0 Å². The van der Waals surface area contributed by atoms with Crippen molar-refractivity contribution in [2.75, 3.05) is 0 Å². The lowest BCUT2D eigenvalue weighted by Gasteiger charge is -2.18. The molecule has 4 rings (SSSR count). The highest BCUT2D eigenvalue weighted by Gasteiger charge is 2.15. The molecule has 0 saturated carbocycles. The number of rotatable bonds is 1. The lowest BCUT2D eigenvalue weighted by atomic mass is 9.88. The van der Waals surface area contributed by atoms with Crippen molar-refractivity contribution >= 4 is 12.2 Å². The van der Waals surface area contributed by atoms with Gasteiger partial charge >= 0.3 is 0 Å². The van der Waals surface area contributed by atoms with Crippen molar-refractivity contribution in [3.63, 3.8) is 0 Å². The average Bonchev–Trinajstić information content (AvgIpc) is 2.63. The van der Waals surface area contributed by atoms with Gasteiger partial charge in [0.2, 0.25) is 0 Å². The molecule has 0 N–H and O–H groups in total. The van der Waals surface area contributed by atoms with E-state index in [1.165, 1.54) is 33.4 Å². The lowest BCUT2D eigenvalue weighted by Crippen LogP contribution is -2.05. The first-order valence-electron chi connectivity index (χ1n) is 8.88. The van der Waals surface area contributed by atoms with Crippen molar-refractivity contribution in [3.05, 3.63) is 93.6 Å². The summed E-state index contributed by atoms with van der Waals surface area (Å²) in [6.45, 7) is 4.28. The van der Waals surface area contributed by atoms with Crippen LogP contribution in [-0.2, 0) is 12.8 Å². The van der Waals surface area contributed by atoms with E-state index in [4.69, 9.17) is 0 Å². The van der Waals surface area contributed by atoms with Crippen LogP contribution in [0.15, 0.2) is 65.5 Å². The summed E-state index contributed by atoms with van der Waals surface area (Å²) in [6, 6.07) is 6.72. The third kappa shape index (κ3) is 3.25. The van der Waals surface area contributed by atoms with Gasteiger partial charge in [-0.1, -0.05) is 48.1 Å². The van der Waals surface area contributed by atoms with Gasteiger partial charge in [-0.2, -0.15) is 0 Å². The first-order chi connectivity index (χ1) is 12.2. The van der Waals surface area contributed by atoms with Crippen LogP contribution in [0.1, 0.15) is 41.4 Å². The van der Waals surface area contributed by atoms with Gasteiger partial charge in [-0.15, -0.1) is 0 Å². The van der Waals surface area contributed by atoms with E-state index in [9.17, 15) is 0 Å². The topological polar surface area (TPSA) is 25.8 Å². The molecule has 0 fully saturated rings. The highest BCUT2D eigenvalue weighted by molar-refractivity contribution is 5.68. The summed E-state index contributed by atoms with van der Waals surface area (Å²) in [7, 11) is 0. The summed E-state index contributed by atoms with van der Waals surface area (Å²) in [6.07, 6.45) is 17.8. The molecule has 2 nitrogen and oxygen atoms in total. The molecule has 0 unspecified atom stereocenters. The molecule has 0 atom stereocenters. The molecule has 2 aromatic rings. The van der Waals surface area contributed by atoms with Gasteiger partial charge in [0.15, 0.2) is 0 Å². The molecule has 124 valence electrons. The highest BCUT2D eigenvalue weighted by atomic mass is 14.8. The Morgan fingerprint density at radius 1 is 1.00 bits per heavy atom. The molecule has 0 spiro atoms. The average molecular weight is 326 g/mol. The predicted octanol–water partition coefficient (Wildman–Crippen LogP) is 5.26. The van der Waals surface area contributed by atoms with Gasteiger partial charge in [0, 0.05) is 12.4 Å². The summed E-state index contributed by atoms with van der Waals surface area (Å²) < 4.78 is 0. The van der Waals surface area contributed by atoms with Crippen LogP contribution in [0.3, 0.4) is 0 Å². The minimum absolute atomic E-state index is 0.959. The van der Waals surface area contributed by atoms with Crippen molar-refractivity contribution in [1.29, 1.82) is 0 Å². The van der Waals surface area contributed by atoms with Gasteiger partial charge in [0.25, 0.3) is 0 Å². The van der Waals surface area contributed by atoms with E-state index < -0.39 is 0 Å². The molecule has 0 radical (unpaired) electrons. The molecule has 1 aromatic heterocycles. The third-order valence-corrected chi connectivity index (χ3v) is 4.97. The van der Waals surface area contributed by atoms with E-state index >= 15 is 0 Å². The maximum Gasteiger partial charge on any atom is 0.0848 e. The van der Waals surface area contributed by atoms with Gasteiger partial charge in [-0.25, -0.2) is 0 Å². The molecule has 2 aliphatic rings. The highest BCUT2D eigenvalue weighted by Crippen LogP contribution is 2.30. The maximum absolute atomic E-state index is 4.49. The van der Waals surface area contributed by atoms with Crippen LogP contribution >= 0.6 is 0 Å². The van der Waals surface area contributed by atoms with Crippen molar-refractivity contribution < 1.29 is 0 Å². The second kappa shape index (κ2) is 6.64. The zero-order valence-electron chi connectivity index (χ0n) is 14.8. The normalized spacial score (nSPS) is 21.3. The second-order valence-electron chi connectivity index (χ2n) is 6.73. The third-order valence-electron chi connectivity index (χ3n) is 4.97. The molecular formula is C23H22N2. The summed E-state index contributed by atoms with van der Waals surface area (Å²) in [5.74, 6) is 0. The second-order valence-corrected chi connectivity index (χ2v) is 6.73. The summed E-state index contributed by atoms with van der Waals surface area (Å²) >= 11 is 0. The standard InChI is InChI=1S/C23H22N2/c1-3-17-13-19(7-6-18-5-4-16(2)12-21(18)14-17)20-8-9-22-23(15-20)25-11-10-24-22/h3-7,10-13,15H,8-9,14H2,1-2H3/b7-6+,17-3-,19-13+. The Bertz CT molecular complexity index is 942. The Hall–Kier alpha value is -2.74. The Balaban J connectivity index is 1.77. The molecule has 1 aromatic carbocycles. The largest absolute Gasteiger partial charge is 0.257 e. The number of benzene rings is 1. The van der Waals surface area contributed by atoms with Crippen LogP contribution in [0.4, 0.5) is 0 Å². The monoisotopic (exact) mass is 326 g/mol. The number of aromatic nitrogens is 2. The number of hydrogen-bond acceptors (Lipinski definition) is 2. The molecule has 0 amide bonds. The maximum atomic E-state index is 4.49. The van der Waals surface area contributed by atoms with Crippen LogP contribution in [0.5, 0.6) is 0 Å². The molecule has 2 heteroatoms. The van der Waals surface area contributed by atoms with E-state index in [0.717, 1.165) is 30.7 Å². The van der Waals surface area contributed by atoms with Crippen molar-refractivity contribution in [3.8, 4) is 0 Å².